The summed E-state index contributed by atoms with van der Waals surface area (Å²) in [5, 5.41) is 5.25. The molecule has 0 saturated carbocycles. The number of hydrogen-bond acceptors (Lipinski definition) is 2. The molecule has 98 valence electrons. The Balaban J connectivity index is 2.24. The van der Waals surface area contributed by atoms with Crippen molar-refractivity contribution >= 4 is 11.7 Å². The second-order valence-corrected chi connectivity index (χ2v) is 4.42. The van der Waals surface area contributed by atoms with Crippen LogP contribution >= 0.6 is 0 Å². The molecule has 1 aromatic carbocycles. The van der Waals surface area contributed by atoms with E-state index in [1.807, 2.05) is 50.2 Å². The van der Waals surface area contributed by atoms with Crippen molar-refractivity contribution in [3.63, 3.8) is 0 Å². The van der Waals surface area contributed by atoms with E-state index in [1.165, 1.54) is 0 Å². The number of pyridine rings is 1. The molecule has 0 unspecified atom stereocenters. The zero-order chi connectivity index (χ0) is 13.8. The highest BCUT2D eigenvalue weighted by Crippen LogP contribution is 2.22. The number of benzene rings is 1. The van der Waals surface area contributed by atoms with Gasteiger partial charge in [-0.3, -0.25) is 4.98 Å². The largest absolute Gasteiger partial charge is 0.341 e. The lowest BCUT2D eigenvalue weighted by atomic mass is 10.0. The van der Waals surface area contributed by atoms with Crippen molar-refractivity contribution in [1.82, 2.24) is 10.3 Å². The molecule has 2 aromatic rings. The maximum absolute atomic E-state index is 11.2. The third-order valence-corrected chi connectivity index (χ3v) is 2.78. The number of amides is 2. The van der Waals surface area contributed by atoms with Gasteiger partial charge in [0.2, 0.25) is 0 Å². The second-order valence-electron chi connectivity index (χ2n) is 4.42. The molecule has 0 radical (unpaired) electrons. The summed E-state index contributed by atoms with van der Waals surface area (Å²) in [6, 6.07) is 11.6. The molecular formula is C15H17N3O. The van der Waals surface area contributed by atoms with Gasteiger partial charge in [0.05, 0.1) is 0 Å². The van der Waals surface area contributed by atoms with E-state index >= 15 is 0 Å². The summed E-state index contributed by atoms with van der Waals surface area (Å²) in [7, 11) is 1.59. The third kappa shape index (κ3) is 3.31. The molecule has 2 rings (SSSR count). The predicted octanol–water partition coefficient (Wildman–Crippen LogP) is 3.12. The van der Waals surface area contributed by atoms with Gasteiger partial charge < -0.3 is 10.6 Å². The molecule has 4 heteroatoms. The first-order chi connectivity index (χ1) is 9.08. The molecule has 0 bridgehead atoms. The number of rotatable bonds is 2. The minimum absolute atomic E-state index is 0.219. The van der Waals surface area contributed by atoms with E-state index in [1.54, 1.807) is 7.05 Å². The van der Waals surface area contributed by atoms with Gasteiger partial charge >= 0.3 is 6.03 Å². The van der Waals surface area contributed by atoms with Crippen LogP contribution < -0.4 is 10.6 Å². The molecule has 0 atom stereocenters. The van der Waals surface area contributed by atoms with Crippen molar-refractivity contribution in [2.45, 2.75) is 13.8 Å². The van der Waals surface area contributed by atoms with E-state index in [9.17, 15) is 4.79 Å². The molecule has 1 heterocycles. The summed E-state index contributed by atoms with van der Waals surface area (Å²) in [5.74, 6) is 0. The first-order valence-electron chi connectivity index (χ1n) is 6.13. The van der Waals surface area contributed by atoms with Gasteiger partial charge in [0.25, 0.3) is 0 Å². The van der Waals surface area contributed by atoms with Crippen LogP contribution in [-0.2, 0) is 0 Å². The average molecular weight is 255 g/mol. The number of carbonyl (C=O) groups excluding carboxylic acids is 1. The quantitative estimate of drug-likeness (QED) is 0.866. The van der Waals surface area contributed by atoms with E-state index in [0.29, 0.717) is 0 Å². The molecule has 0 aliphatic heterocycles. The lowest BCUT2D eigenvalue weighted by Crippen LogP contribution is -2.24. The molecule has 2 amide bonds. The Kier molecular flexibility index (Phi) is 3.80. The van der Waals surface area contributed by atoms with Crippen LogP contribution in [0.4, 0.5) is 10.5 Å². The van der Waals surface area contributed by atoms with Gasteiger partial charge in [-0.2, -0.15) is 0 Å². The minimum atomic E-state index is -0.219. The summed E-state index contributed by atoms with van der Waals surface area (Å²) in [5.41, 5.74) is 5.02. The van der Waals surface area contributed by atoms with E-state index in [0.717, 1.165) is 28.2 Å². The number of hydrogen-bond donors (Lipinski definition) is 2. The van der Waals surface area contributed by atoms with Crippen LogP contribution in [0.15, 0.2) is 36.4 Å². The Hall–Kier alpha value is -2.36. The van der Waals surface area contributed by atoms with Crippen LogP contribution in [0.5, 0.6) is 0 Å². The number of nitrogens with one attached hydrogen (secondary N) is 2. The summed E-state index contributed by atoms with van der Waals surface area (Å²) in [6.07, 6.45) is 0. The second kappa shape index (κ2) is 5.52. The molecule has 4 nitrogen and oxygen atoms in total. The smallest absolute Gasteiger partial charge is 0.318 e. The fourth-order valence-electron chi connectivity index (χ4n) is 1.94. The highest BCUT2D eigenvalue weighted by Gasteiger charge is 2.02. The fourth-order valence-corrected chi connectivity index (χ4v) is 1.94. The first-order valence-corrected chi connectivity index (χ1v) is 6.13. The maximum atomic E-state index is 11.2. The maximum Gasteiger partial charge on any atom is 0.318 e. The van der Waals surface area contributed by atoms with Crippen molar-refractivity contribution < 1.29 is 4.79 Å². The SMILES string of the molecule is CNC(=O)Nc1ccc(-c2cc(C)nc(C)c2)cc1. The highest BCUT2D eigenvalue weighted by atomic mass is 16.2. The van der Waals surface area contributed by atoms with E-state index in [4.69, 9.17) is 0 Å². The van der Waals surface area contributed by atoms with Gasteiger partial charge in [0, 0.05) is 24.1 Å². The lowest BCUT2D eigenvalue weighted by Gasteiger charge is -2.07. The van der Waals surface area contributed by atoms with Crippen LogP contribution in [0, 0.1) is 13.8 Å². The highest BCUT2D eigenvalue weighted by molar-refractivity contribution is 5.89. The first kappa shape index (κ1) is 13.1. The fraction of sp³-hybridized carbons (Fsp3) is 0.200. The van der Waals surface area contributed by atoms with Crippen molar-refractivity contribution in [2.75, 3.05) is 12.4 Å². The predicted molar refractivity (Wildman–Crippen MR) is 77.2 cm³/mol. The number of urea groups is 1. The summed E-state index contributed by atoms with van der Waals surface area (Å²) >= 11 is 0. The average Bonchev–Trinajstić information content (AvgIpc) is 2.38. The Morgan fingerprint density at radius 2 is 1.58 bits per heavy atom. The topological polar surface area (TPSA) is 54.0 Å². The zero-order valence-electron chi connectivity index (χ0n) is 11.3. The summed E-state index contributed by atoms with van der Waals surface area (Å²) in [6.45, 7) is 3.97. The Bertz CT molecular complexity index is 571. The molecule has 2 N–H and O–H groups in total. The van der Waals surface area contributed by atoms with Gasteiger partial charge in [0.1, 0.15) is 0 Å². The van der Waals surface area contributed by atoms with Crippen LogP contribution in [0.25, 0.3) is 11.1 Å². The van der Waals surface area contributed by atoms with E-state index in [2.05, 4.69) is 15.6 Å². The number of carbonyl (C=O) groups is 1. The van der Waals surface area contributed by atoms with Gasteiger partial charge in [0.15, 0.2) is 0 Å². The van der Waals surface area contributed by atoms with Crippen molar-refractivity contribution in [3.05, 3.63) is 47.8 Å². The number of anilines is 1. The molecule has 19 heavy (non-hydrogen) atoms. The van der Waals surface area contributed by atoms with Gasteiger partial charge in [-0.15, -0.1) is 0 Å². The monoisotopic (exact) mass is 255 g/mol. The molecule has 0 saturated heterocycles. The molecule has 0 spiro atoms. The molecule has 0 aliphatic carbocycles. The summed E-state index contributed by atoms with van der Waals surface area (Å²) < 4.78 is 0. The number of nitrogens with zero attached hydrogens (tertiary/aromatic N) is 1. The normalized spacial score (nSPS) is 10.1. The zero-order valence-corrected chi connectivity index (χ0v) is 11.3. The van der Waals surface area contributed by atoms with Crippen molar-refractivity contribution in [2.24, 2.45) is 0 Å². The molecule has 1 aromatic heterocycles. The molecule has 0 aliphatic rings. The number of aryl methyl sites for hydroxylation is 2. The molecule has 0 fully saturated rings. The summed E-state index contributed by atoms with van der Waals surface area (Å²) in [4.78, 5) is 15.6. The minimum Gasteiger partial charge on any atom is -0.341 e. The van der Waals surface area contributed by atoms with Gasteiger partial charge in [-0.05, 0) is 49.2 Å². The number of aromatic nitrogens is 1. The standard InChI is InChI=1S/C15H17N3O/c1-10-8-13(9-11(2)17-10)12-4-6-14(7-5-12)18-15(19)16-3/h4-9H,1-3H3,(H2,16,18,19). The Morgan fingerprint density at radius 1 is 1.00 bits per heavy atom. The van der Waals surface area contributed by atoms with Gasteiger partial charge in [-0.1, -0.05) is 12.1 Å². The van der Waals surface area contributed by atoms with Crippen molar-refractivity contribution in [1.29, 1.82) is 0 Å². The van der Waals surface area contributed by atoms with Crippen LogP contribution in [-0.4, -0.2) is 18.1 Å². The third-order valence-electron chi connectivity index (χ3n) is 2.78. The van der Waals surface area contributed by atoms with Crippen LogP contribution in [0.3, 0.4) is 0 Å². The Morgan fingerprint density at radius 3 is 2.11 bits per heavy atom. The van der Waals surface area contributed by atoms with Crippen LogP contribution in [0.1, 0.15) is 11.4 Å². The van der Waals surface area contributed by atoms with E-state index in [-0.39, 0.29) is 6.03 Å². The Labute approximate surface area is 112 Å². The lowest BCUT2D eigenvalue weighted by molar-refractivity contribution is 0.254. The van der Waals surface area contributed by atoms with Crippen LogP contribution in [0.2, 0.25) is 0 Å². The molecular weight excluding hydrogens is 238 g/mol. The van der Waals surface area contributed by atoms with E-state index < -0.39 is 0 Å². The van der Waals surface area contributed by atoms with Crippen molar-refractivity contribution in [3.8, 4) is 11.1 Å². The van der Waals surface area contributed by atoms with Gasteiger partial charge in [-0.25, -0.2) is 4.79 Å².